The van der Waals surface area contributed by atoms with Crippen molar-refractivity contribution in [2.24, 2.45) is 0 Å². The average Bonchev–Trinajstić information content (AvgIpc) is 2.89. The maximum atomic E-state index is 14.1. The fraction of sp³-hybridized carbons (Fsp3) is 0.107. The van der Waals surface area contributed by atoms with Gasteiger partial charge in [0.2, 0.25) is 0 Å². The fourth-order valence-corrected chi connectivity index (χ4v) is 4.93. The van der Waals surface area contributed by atoms with Gasteiger partial charge in [-0.1, -0.05) is 29.3 Å². The molecule has 2 aromatic heterocycles. The third-order valence-electron chi connectivity index (χ3n) is 6.23. The zero-order valence-electron chi connectivity index (χ0n) is 20.2. The molecule has 0 amide bonds. The zero-order valence-corrected chi connectivity index (χ0v) is 21.7. The Labute approximate surface area is 229 Å². The number of hydrogen-bond acceptors (Lipinski definition) is 4. The molecule has 0 unspecified atom stereocenters. The molecule has 0 atom stereocenters. The highest BCUT2D eigenvalue weighted by molar-refractivity contribution is 6.36. The van der Waals surface area contributed by atoms with Crippen LogP contribution < -0.4 is 11.2 Å². The Morgan fingerprint density at radius 2 is 1.62 bits per heavy atom. The number of halogens is 5. The van der Waals surface area contributed by atoms with E-state index in [0.717, 1.165) is 21.3 Å². The van der Waals surface area contributed by atoms with E-state index in [2.05, 4.69) is 4.98 Å². The van der Waals surface area contributed by atoms with Gasteiger partial charge in [0.15, 0.2) is 17.5 Å². The van der Waals surface area contributed by atoms with Gasteiger partial charge in [0.25, 0.3) is 5.56 Å². The van der Waals surface area contributed by atoms with E-state index in [9.17, 15) is 27.9 Å². The number of rotatable bonds is 5. The molecule has 6 nitrogen and oxygen atoms in total. The van der Waals surface area contributed by atoms with E-state index < -0.39 is 35.2 Å². The maximum Gasteiger partial charge on any atom is 0.336 e. The molecular weight excluding hydrogens is 554 g/mol. The molecule has 11 heteroatoms. The summed E-state index contributed by atoms with van der Waals surface area (Å²) in [5.41, 5.74) is 0.704. The van der Waals surface area contributed by atoms with Gasteiger partial charge in [-0.2, -0.15) is 0 Å². The van der Waals surface area contributed by atoms with E-state index in [-0.39, 0.29) is 33.8 Å². The molecule has 0 spiro atoms. The molecule has 39 heavy (non-hydrogen) atoms. The summed E-state index contributed by atoms with van der Waals surface area (Å²) in [5.74, 6) is -4.50. The number of aliphatic hydroxyl groups excluding tert-OH is 1. The number of aryl methyl sites for hydroxylation is 1. The quantitative estimate of drug-likeness (QED) is 0.271. The number of benzene rings is 3. The number of aliphatic hydroxyl groups is 1. The van der Waals surface area contributed by atoms with E-state index in [1.165, 1.54) is 18.3 Å². The van der Waals surface area contributed by atoms with Crippen LogP contribution in [0.15, 0.2) is 70.5 Å². The first kappa shape index (κ1) is 26.7. The highest BCUT2D eigenvalue weighted by atomic mass is 35.5. The summed E-state index contributed by atoms with van der Waals surface area (Å²) in [7, 11) is 0. The lowest BCUT2D eigenvalue weighted by Crippen LogP contribution is -2.39. The second kappa shape index (κ2) is 10.3. The maximum absolute atomic E-state index is 14.1. The van der Waals surface area contributed by atoms with Gasteiger partial charge in [-0.15, -0.1) is 0 Å². The zero-order chi connectivity index (χ0) is 28.0. The molecule has 1 N–H and O–H groups in total. The van der Waals surface area contributed by atoms with E-state index in [4.69, 9.17) is 23.2 Å². The molecule has 5 rings (SSSR count). The van der Waals surface area contributed by atoms with Crippen LogP contribution in [0.4, 0.5) is 13.2 Å². The molecule has 0 aliphatic heterocycles. The van der Waals surface area contributed by atoms with Crippen LogP contribution in [0.25, 0.3) is 27.7 Å². The highest BCUT2D eigenvalue weighted by Crippen LogP contribution is 2.34. The van der Waals surface area contributed by atoms with Crippen LogP contribution in [0.2, 0.25) is 10.0 Å². The van der Waals surface area contributed by atoms with Crippen LogP contribution in [0.1, 0.15) is 16.7 Å². The van der Waals surface area contributed by atoms with Crippen LogP contribution in [-0.4, -0.2) is 19.2 Å². The third kappa shape index (κ3) is 4.85. The van der Waals surface area contributed by atoms with Gasteiger partial charge in [0, 0.05) is 16.8 Å². The number of nitrogens with zero attached hydrogens (tertiary/aromatic N) is 3. The lowest BCUT2D eigenvalue weighted by atomic mass is 10.0. The largest absolute Gasteiger partial charge is 0.392 e. The minimum Gasteiger partial charge on any atom is -0.392 e. The Kier molecular flexibility index (Phi) is 7.07. The SMILES string of the molecule is Cc1cncc(-n2c(=O)c3c(Cl)cc(-c4cc(CO)ccc4Cl)cc3n(Cc3cc(F)c(F)c(F)c3)c2=O)c1. The van der Waals surface area contributed by atoms with E-state index >= 15 is 0 Å². The highest BCUT2D eigenvalue weighted by Gasteiger charge is 2.21. The van der Waals surface area contributed by atoms with Crippen LogP contribution >= 0.6 is 23.2 Å². The van der Waals surface area contributed by atoms with Gasteiger partial charge < -0.3 is 5.11 Å². The number of fused-ring (bicyclic) bond motifs is 1. The molecular formula is C28H18Cl2F3N3O3. The lowest BCUT2D eigenvalue weighted by Gasteiger charge is -2.17. The fourth-order valence-electron chi connectivity index (χ4n) is 4.41. The third-order valence-corrected chi connectivity index (χ3v) is 6.85. The number of hydrogen-bond donors (Lipinski definition) is 1. The van der Waals surface area contributed by atoms with Gasteiger partial charge in [0.05, 0.1) is 41.0 Å². The molecule has 0 saturated heterocycles. The normalized spacial score (nSPS) is 11.4. The van der Waals surface area contributed by atoms with Crippen molar-refractivity contribution in [2.45, 2.75) is 20.1 Å². The van der Waals surface area contributed by atoms with E-state index in [1.54, 1.807) is 37.4 Å². The van der Waals surface area contributed by atoms with Crippen molar-refractivity contribution in [1.82, 2.24) is 14.1 Å². The van der Waals surface area contributed by atoms with E-state index in [0.29, 0.717) is 27.3 Å². The van der Waals surface area contributed by atoms with Crippen molar-refractivity contribution in [3.8, 4) is 16.8 Å². The average molecular weight is 572 g/mol. The van der Waals surface area contributed by atoms with Crippen molar-refractivity contribution in [3.05, 3.63) is 126 Å². The Hall–Kier alpha value is -3.92. The number of aromatic nitrogens is 3. The van der Waals surface area contributed by atoms with Crippen molar-refractivity contribution >= 4 is 34.1 Å². The van der Waals surface area contributed by atoms with Crippen LogP contribution in [-0.2, 0) is 13.2 Å². The van der Waals surface area contributed by atoms with Crippen LogP contribution in [0.5, 0.6) is 0 Å². The van der Waals surface area contributed by atoms with Crippen LogP contribution in [0.3, 0.4) is 0 Å². The molecule has 0 saturated carbocycles. The van der Waals surface area contributed by atoms with Gasteiger partial charge in [-0.3, -0.25) is 14.3 Å². The minimum absolute atomic E-state index is 0.0162. The molecule has 3 aromatic carbocycles. The van der Waals surface area contributed by atoms with E-state index in [1.807, 2.05) is 0 Å². The monoisotopic (exact) mass is 571 g/mol. The summed E-state index contributed by atoms with van der Waals surface area (Å²) in [6.45, 7) is 1.05. The van der Waals surface area contributed by atoms with Gasteiger partial charge in [-0.25, -0.2) is 22.5 Å². The summed E-state index contributed by atoms with van der Waals surface area (Å²) in [4.78, 5) is 31.5. The van der Waals surface area contributed by atoms with Gasteiger partial charge in [-0.05, 0) is 71.6 Å². The summed E-state index contributed by atoms with van der Waals surface area (Å²) in [6, 6.07) is 11.0. The Morgan fingerprint density at radius 1 is 0.897 bits per heavy atom. The summed E-state index contributed by atoms with van der Waals surface area (Å²) < 4.78 is 43.7. The second-order valence-corrected chi connectivity index (χ2v) is 9.74. The summed E-state index contributed by atoms with van der Waals surface area (Å²) in [5, 5.41) is 9.84. The second-order valence-electron chi connectivity index (χ2n) is 8.93. The predicted molar refractivity (Wildman–Crippen MR) is 143 cm³/mol. The molecule has 0 fully saturated rings. The standard InChI is InChI=1S/C28H18Cl2F3N3O3/c1-14-4-18(11-34-10-14)36-27(38)25-21(30)8-17(19-5-15(13-37)2-3-20(19)29)9-24(25)35(28(36)39)12-16-6-22(31)26(33)23(32)7-16/h2-11,37H,12-13H2,1H3. The van der Waals surface area contributed by atoms with Gasteiger partial charge in [0.1, 0.15) is 0 Å². The lowest BCUT2D eigenvalue weighted by molar-refractivity contribution is 0.282. The Bertz CT molecular complexity index is 1880. The minimum atomic E-state index is -1.64. The van der Waals surface area contributed by atoms with Crippen molar-refractivity contribution in [3.63, 3.8) is 0 Å². The first-order valence-electron chi connectivity index (χ1n) is 11.5. The molecule has 198 valence electrons. The van der Waals surface area contributed by atoms with Crippen molar-refractivity contribution < 1.29 is 18.3 Å². The summed E-state index contributed by atoms with van der Waals surface area (Å²) >= 11 is 13.0. The molecule has 0 bridgehead atoms. The molecule has 2 heterocycles. The van der Waals surface area contributed by atoms with Crippen molar-refractivity contribution in [2.75, 3.05) is 0 Å². The first-order chi connectivity index (χ1) is 18.6. The Balaban J connectivity index is 1.87. The molecule has 5 aromatic rings. The summed E-state index contributed by atoms with van der Waals surface area (Å²) in [6.07, 6.45) is 2.87. The van der Waals surface area contributed by atoms with Crippen molar-refractivity contribution in [1.29, 1.82) is 0 Å². The van der Waals surface area contributed by atoms with Crippen LogP contribution in [0, 0.1) is 24.4 Å². The topological polar surface area (TPSA) is 77.1 Å². The molecule has 0 radical (unpaired) electrons. The molecule has 0 aliphatic carbocycles. The van der Waals surface area contributed by atoms with Gasteiger partial charge >= 0.3 is 5.69 Å². The number of pyridine rings is 1. The Morgan fingerprint density at radius 3 is 2.28 bits per heavy atom. The molecule has 0 aliphatic rings. The smallest absolute Gasteiger partial charge is 0.336 e. The first-order valence-corrected chi connectivity index (χ1v) is 12.3. The predicted octanol–water partition coefficient (Wildman–Crippen LogP) is 5.79.